The van der Waals surface area contributed by atoms with E-state index in [1.807, 2.05) is 11.3 Å². The third kappa shape index (κ3) is 2.04. The Morgan fingerprint density at radius 1 is 1.38 bits per heavy atom. The zero-order chi connectivity index (χ0) is 11.0. The van der Waals surface area contributed by atoms with Crippen LogP contribution < -0.4 is 5.32 Å². The van der Waals surface area contributed by atoms with E-state index in [0.29, 0.717) is 0 Å². The van der Waals surface area contributed by atoms with Crippen molar-refractivity contribution in [2.75, 3.05) is 26.2 Å². The molecule has 2 aliphatic rings. The van der Waals surface area contributed by atoms with Crippen molar-refractivity contribution in [3.8, 4) is 0 Å². The highest BCUT2D eigenvalue weighted by Crippen LogP contribution is 2.46. The molecule has 0 spiro atoms. The van der Waals surface area contributed by atoms with E-state index < -0.39 is 0 Å². The molecule has 0 radical (unpaired) electrons. The van der Waals surface area contributed by atoms with Crippen molar-refractivity contribution >= 4 is 11.3 Å². The predicted octanol–water partition coefficient (Wildman–Crippen LogP) is 2.41. The van der Waals surface area contributed by atoms with Crippen molar-refractivity contribution in [3.63, 3.8) is 0 Å². The van der Waals surface area contributed by atoms with Gasteiger partial charge in [0.15, 0.2) is 0 Å². The minimum Gasteiger partial charge on any atom is -0.314 e. The molecule has 1 saturated heterocycles. The number of hydrogen-bond acceptors (Lipinski definition) is 3. The molecule has 3 rings (SSSR count). The maximum absolute atomic E-state index is 3.45. The SMILES string of the molecule is Cc1ccsc1[C@@H](C1CC1)N1CCNCC1. The average Bonchev–Trinajstić information content (AvgIpc) is 3.05. The predicted molar refractivity (Wildman–Crippen MR) is 69.0 cm³/mol. The number of nitrogens with one attached hydrogen (secondary N) is 1. The first kappa shape index (κ1) is 10.8. The third-order valence-electron chi connectivity index (χ3n) is 3.78. The van der Waals surface area contributed by atoms with E-state index in [1.165, 1.54) is 31.5 Å². The molecule has 1 aromatic heterocycles. The summed E-state index contributed by atoms with van der Waals surface area (Å²) in [6.07, 6.45) is 2.87. The van der Waals surface area contributed by atoms with E-state index >= 15 is 0 Å². The van der Waals surface area contributed by atoms with Crippen LogP contribution in [0.25, 0.3) is 0 Å². The molecule has 1 aliphatic carbocycles. The van der Waals surface area contributed by atoms with Crippen molar-refractivity contribution in [1.29, 1.82) is 0 Å². The van der Waals surface area contributed by atoms with Gasteiger partial charge in [0.25, 0.3) is 0 Å². The van der Waals surface area contributed by atoms with Gasteiger partial charge >= 0.3 is 0 Å². The van der Waals surface area contributed by atoms with Gasteiger partial charge in [0.2, 0.25) is 0 Å². The lowest BCUT2D eigenvalue weighted by Crippen LogP contribution is -2.45. The second-order valence-electron chi connectivity index (χ2n) is 5.04. The fraction of sp³-hybridized carbons (Fsp3) is 0.692. The smallest absolute Gasteiger partial charge is 0.0473 e. The number of nitrogens with zero attached hydrogens (tertiary/aromatic N) is 1. The zero-order valence-electron chi connectivity index (χ0n) is 9.91. The lowest BCUT2D eigenvalue weighted by molar-refractivity contribution is 0.158. The molecule has 1 atom stereocenters. The van der Waals surface area contributed by atoms with E-state index in [0.717, 1.165) is 25.0 Å². The normalized spacial score (nSPS) is 24.6. The van der Waals surface area contributed by atoms with Crippen LogP contribution in [0.5, 0.6) is 0 Å². The fourth-order valence-electron chi connectivity index (χ4n) is 2.74. The van der Waals surface area contributed by atoms with Crippen LogP contribution in [0.15, 0.2) is 11.4 Å². The average molecular weight is 236 g/mol. The lowest BCUT2D eigenvalue weighted by atomic mass is 10.0. The highest BCUT2D eigenvalue weighted by molar-refractivity contribution is 7.10. The van der Waals surface area contributed by atoms with E-state index in [4.69, 9.17) is 0 Å². The molecule has 1 aromatic rings. The number of hydrogen-bond donors (Lipinski definition) is 1. The molecular weight excluding hydrogens is 216 g/mol. The number of aryl methyl sites for hydroxylation is 1. The summed E-state index contributed by atoms with van der Waals surface area (Å²) in [5, 5.41) is 5.70. The largest absolute Gasteiger partial charge is 0.314 e. The molecule has 1 saturated carbocycles. The Morgan fingerprint density at radius 3 is 2.69 bits per heavy atom. The van der Waals surface area contributed by atoms with Crippen LogP contribution in [0.2, 0.25) is 0 Å². The third-order valence-corrected chi connectivity index (χ3v) is 4.87. The standard InChI is InChI=1S/C13H20N2S/c1-10-4-9-16-13(10)12(11-2-3-11)15-7-5-14-6-8-15/h4,9,11-12,14H,2-3,5-8H2,1H3/t12-/m1/s1. The summed E-state index contributed by atoms with van der Waals surface area (Å²) in [6, 6.07) is 3.00. The van der Waals surface area contributed by atoms with Crippen LogP contribution in [-0.2, 0) is 0 Å². The summed E-state index contributed by atoms with van der Waals surface area (Å²) in [4.78, 5) is 4.33. The van der Waals surface area contributed by atoms with Gasteiger partial charge in [0.1, 0.15) is 0 Å². The molecular formula is C13H20N2S. The minimum atomic E-state index is 0.724. The summed E-state index contributed by atoms with van der Waals surface area (Å²) in [5.74, 6) is 0.940. The first-order chi connectivity index (χ1) is 7.86. The van der Waals surface area contributed by atoms with E-state index in [2.05, 4.69) is 28.6 Å². The summed E-state index contributed by atoms with van der Waals surface area (Å²) in [7, 11) is 0. The summed E-state index contributed by atoms with van der Waals surface area (Å²) >= 11 is 1.96. The Balaban J connectivity index is 1.83. The molecule has 0 amide bonds. The van der Waals surface area contributed by atoms with Crippen LogP contribution in [0.4, 0.5) is 0 Å². The van der Waals surface area contributed by atoms with Gasteiger partial charge in [-0.1, -0.05) is 0 Å². The molecule has 1 aliphatic heterocycles. The van der Waals surface area contributed by atoms with Crippen molar-refractivity contribution in [2.24, 2.45) is 5.92 Å². The molecule has 0 unspecified atom stereocenters. The van der Waals surface area contributed by atoms with E-state index in [1.54, 1.807) is 4.88 Å². The Morgan fingerprint density at radius 2 is 2.12 bits per heavy atom. The first-order valence-corrected chi connectivity index (χ1v) is 7.23. The summed E-state index contributed by atoms with van der Waals surface area (Å²) < 4.78 is 0. The van der Waals surface area contributed by atoms with Crippen molar-refractivity contribution in [1.82, 2.24) is 10.2 Å². The van der Waals surface area contributed by atoms with Crippen LogP contribution in [-0.4, -0.2) is 31.1 Å². The minimum absolute atomic E-state index is 0.724. The summed E-state index contributed by atoms with van der Waals surface area (Å²) in [5.41, 5.74) is 1.50. The highest BCUT2D eigenvalue weighted by Gasteiger charge is 2.37. The van der Waals surface area contributed by atoms with Crippen molar-refractivity contribution in [3.05, 3.63) is 21.9 Å². The maximum Gasteiger partial charge on any atom is 0.0473 e. The molecule has 2 heterocycles. The summed E-state index contributed by atoms with van der Waals surface area (Å²) in [6.45, 7) is 7.03. The van der Waals surface area contributed by atoms with E-state index in [9.17, 15) is 0 Å². The molecule has 2 nitrogen and oxygen atoms in total. The van der Waals surface area contributed by atoms with Crippen LogP contribution in [0, 0.1) is 12.8 Å². The molecule has 3 heteroatoms. The molecule has 16 heavy (non-hydrogen) atoms. The topological polar surface area (TPSA) is 15.3 Å². The molecule has 1 N–H and O–H groups in total. The van der Waals surface area contributed by atoms with Gasteiger partial charge in [0.05, 0.1) is 0 Å². The molecule has 0 bridgehead atoms. The number of thiophene rings is 1. The number of rotatable bonds is 3. The molecule has 2 fully saturated rings. The zero-order valence-corrected chi connectivity index (χ0v) is 10.7. The highest BCUT2D eigenvalue weighted by atomic mass is 32.1. The van der Waals surface area contributed by atoms with Gasteiger partial charge in [-0.05, 0) is 42.7 Å². The van der Waals surface area contributed by atoms with Gasteiger partial charge in [-0.2, -0.15) is 0 Å². The van der Waals surface area contributed by atoms with Crippen LogP contribution >= 0.6 is 11.3 Å². The van der Waals surface area contributed by atoms with Crippen LogP contribution in [0.3, 0.4) is 0 Å². The quantitative estimate of drug-likeness (QED) is 0.867. The first-order valence-electron chi connectivity index (χ1n) is 6.35. The van der Waals surface area contributed by atoms with Gasteiger partial charge in [-0.3, -0.25) is 4.90 Å². The van der Waals surface area contributed by atoms with Crippen molar-refractivity contribution in [2.45, 2.75) is 25.8 Å². The van der Waals surface area contributed by atoms with Gasteiger partial charge < -0.3 is 5.32 Å². The van der Waals surface area contributed by atoms with Gasteiger partial charge in [-0.25, -0.2) is 0 Å². The number of piperazine rings is 1. The second-order valence-corrected chi connectivity index (χ2v) is 5.98. The Labute approximate surface area is 102 Å². The van der Waals surface area contributed by atoms with E-state index in [-0.39, 0.29) is 0 Å². The fourth-order valence-corrected chi connectivity index (χ4v) is 3.89. The second kappa shape index (κ2) is 4.47. The molecule has 88 valence electrons. The van der Waals surface area contributed by atoms with Crippen LogP contribution in [0.1, 0.15) is 29.3 Å². The lowest BCUT2D eigenvalue weighted by Gasteiger charge is -2.35. The van der Waals surface area contributed by atoms with Gasteiger partial charge in [0, 0.05) is 37.1 Å². The Bertz CT molecular complexity index is 351. The van der Waals surface area contributed by atoms with Gasteiger partial charge in [-0.15, -0.1) is 11.3 Å². The molecule has 0 aromatic carbocycles. The van der Waals surface area contributed by atoms with Crippen molar-refractivity contribution < 1.29 is 0 Å². The maximum atomic E-state index is 3.45. The Kier molecular flexibility index (Phi) is 3.01. The Hall–Kier alpha value is -0.380. The monoisotopic (exact) mass is 236 g/mol.